The van der Waals surface area contributed by atoms with Crippen molar-refractivity contribution in [2.45, 2.75) is 45.7 Å². The Morgan fingerprint density at radius 2 is 1.87 bits per heavy atom. The number of benzene rings is 2. The molecule has 0 aliphatic carbocycles. The van der Waals surface area contributed by atoms with Crippen molar-refractivity contribution in [3.8, 4) is 11.5 Å². The zero-order valence-electron chi connectivity index (χ0n) is 18.0. The standard InChI is InChI=1S/C25H28N2O4/c1-3-7-22(28)20-15-27(21-9-5-4-8-19(20)21)16-25(29)26-17(2)18-10-11-23-24(14-18)31-13-6-12-30-23/h4-5,8-11,14-15,17H,3,6-7,12-13,16H2,1-2H3,(H,26,29)/t17-/m0/s1. The van der Waals surface area contributed by atoms with Gasteiger partial charge in [-0.25, -0.2) is 0 Å². The smallest absolute Gasteiger partial charge is 0.240 e. The van der Waals surface area contributed by atoms with Crippen LogP contribution in [0.4, 0.5) is 0 Å². The van der Waals surface area contributed by atoms with Gasteiger partial charge >= 0.3 is 0 Å². The van der Waals surface area contributed by atoms with Crippen molar-refractivity contribution < 1.29 is 19.1 Å². The molecule has 6 nitrogen and oxygen atoms in total. The predicted molar refractivity (Wildman–Crippen MR) is 120 cm³/mol. The molecule has 0 spiro atoms. The van der Waals surface area contributed by atoms with E-state index in [1.54, 1.807) is 6.20 Å². The maximum Gasteiger partial charge on any atom is 0.240 e. The zero-order chi connectivity index (χ0) is 21.8. The summed E-state index contributed by atoms with van der Waals surface area (Å²) in [5.74, 6) is 1.45. The zero-order valence-corrected chi connectivity index (χ0v) is 18.0. The molecule has 1 aromatic heterocycles. The molecule has 3 aromatic rings. The number of amides is 1. The first-order valence-corrected chi connectivity index (χ1v) is 10.9. The van der Waals surface area contributed by atoms with E-state index in [-0.39, 0.29) is 24.3 Å². The highest BCUT2D eigenvalue weighted by molar-refractivity contribution is 6.08. The van der Waals surface area contributed by atoms with Gasteiger partial charge in [-0.05, 0) is 37.1 Å². The van der Waals surface area contributed by atoms with E-state index in [1.807, 2.05) is 60.9 Å². The number of Topliss-reactive ketones (excluding diaryl/α,β-unsaturated/α-hetero) is 1. The van der Waals surface area contributed by atoms with Gasteiger partial charge in [0, 0.05) is 35.5 Å². The van der Waals surface area contributed by atoms with Crippen molar-refractivity contribution in [1.29, 1.82) is 0 Å². The molecule has 1 N–H and O–H groups in total. The van der Waals surface area contributed by atoms with Gasteiger partial charge in [0.2, 0.25) is 5.91 Å². The van der Waals surface area contributed by atoms with Crippen LogP contribution in [0.3, 0.4) is 0 Å². The van der Waals surface area contributed by atoms with Crippen LogP contribution in [0.5, 0.6) is 11.5 Å². The molecule has 0 saturated carbocycles. The highest BCUT2D eigenvalue weighted by atomic mass is 16.5. The number of hydrogen-bond donors (Lipinski definition) is 1. The maximum absolute atomic E-state index is 12.8. The number of nitrogens with one attached hydrogen (secondary N) is 1. The third kappa shape index (κ3) is 4.58. The summed E-state index contributed by atoms with van der Waals surface area (Å²) in [6.45, 7) is 5.35. The van der Waals surface area contributed by atoms with Gasteiger partial charge in [0.15, 0.2) is 17.3 Å². The van der Waals surface area contributed by atoms with Crippen molar-refractivity contribution >= 4 is 22.6 Å². The second-order valence-electron chi connectivity index (χ2n) is 7.91. The van der Waals surface area contributed by atoms with Crippen LogP contribution in [-0.4, -0.2) is 29.5 Å². The lowest BCUT2D eigenvalue weighted by Gasteiger charge is -2.17. The molecule has 162 valence electrons. The molecule has 2 aromatic carbocycles. The van der Waals surface area contributed by atoms with E-state index >= 15 is 0 Å². The third-order valence-electron chi connectivity index (χ3n) is 5.53. The Balaban J connectivity index is 1.49. The predicted octanol–water partition coefficient (Wildman–Crippen LogP) is 4.66. The van der Waals surface area contributed by atoms with E-state index in [4.69, 9.17) is 9.47 Å². The normalized spacial score (nSPS) is 14.1. The minimum Gasteiger partial charge on any atom is -0.490 e. The van der Waals surface area contributed by atoms with Crippen LogP contribution in [0.2, 0.25) is 0 Å². The van der Waals surface area contributed by atoms with Gasteiger partial charge in [-0.15, -0.1) is 0 Å². The van der Waals surface area contributed by atoms with Gasteiger partial charge < -0.3 is 19.4 Å². The summed E-state index contributed by atoms with van der Waals surface area (Å²) in [6.07, 6.45) is 3.96. The first-order chi connectivity index (χ1) is 15.1. The number of carbonyl (C=O) groups is 2. The number of ketones is 1. The van der Waals surface area contributed by atoms with Crippen LogP contribution in [0, 0.1) is 0 Å². The van der Waals surface area contributed by atoms with Crippen molar-refractivity contribution in [3.05, 3.63) is 59.8 Å². The summed E-state index contributed by atoms with van der Waals surface area (Å²) in [5, 5.41) is 3.95. The average Bonchev–Trinajstić information content (AvgIpc) is 2.96. The molecular weight excluding hydrogens is 392 g/mol. The van der Waals surface area contributed by atoms with Crippen LogP contribution < -0.4 is 14.8 Å². The Kier molecular flexibility index (Phi) is 6.26. The number of nitrogens with zero attached hydrogens (tertiary/aromatic N) is 1. The Morgan fingerprint density at radius 1 is 1.10 bits per heavy atom. The van der Waals surface area contributed by atoms with Crippen LogP contribution in [0.1, 0.15) is 55.1 Å². The molecule has 1 amide bonds. The lowest BCUT2D eigenvalue weighted by Crippen LogP contribution is -2.30. The van der Waals surface area contributed by atoms with E-state index in [0.29, 0.717) is 30.9 Å². The molecule has 1 atom stereocenters. The summed E-state index contributed by atoms with van der Waals surface area (Å²) in [4.78, 5) is 25.3. The SMILES string of the molecule is CCCC(=O)c1cn(CC(=O)N[C@@H](C)c2ccc3c(c2)OCCCO3)c2ccccc12. The van der Waals surface area contributed by atoms with Gasteiger partial charge in [0.25, 0.3) is 0 Å². The lowest BCUT2D eigenvalue weighted by molar-refractivity contribution is -0.122. The molecule has 1 aliphatic rings. The van der Waals surface area contributed by atoms with E-state index < -0.39 is 0 Å². The number of carbonyl (C=O) groups excluding carboxylic acids is 2. The Hall–Kier alpha value is -3.28. The fraction of sp³-hybridized carbons (Fsp3) is 0.360. The van der Waals surface area contributed by atoms with Crippen LogP contribution in [-0.2, 0) is 11.3 Å². The van der Waals surface area contributed by atoms with Gasteiger partial charge in [-0.2, -0.15) is 0 Å². The number of hydrogen-bond acceptors (Lipinski definition) is 4. The van der Waals surface area contributed by atoms with E-state index in [9.17, 15) is 9.59 Å². The summed E-state index contributed by atoms with van der Waals surface area (Å²) < 4.78 is 13.3. The first kappa shape index (κ1) is 21.0. The molecule has 4 rings (SSSR count). The molecular formula is C25H28N2O4. The second-order valence-corrected chi connectivity index (χ2v) is 7.91. The molecule has 0 unspecified atom stereocenters. The van der Waals surface area contributed by atoms with E-state index in [0.717, 1.165) is 35.1 Å². The first-order valence-electron chi connectivity index (χ1n) is 10.9. The van der Waals surface area contributed by atoms with Crippen LogP contribution in [0.25, 0.3) is 10.9 Å². The summed E-state index contributed by atoms with van der Waals surface area (Å²) in [6, 6.07) is 13.3. The van der Waals surface area contributed by atoms with E-state index in [1.165, 1.54) is 0 Å². The quantitative estimate of drug-likeness (QED) is 0.564. The lowest BCUT2D eigenvalue weighted by atomic mass is 10.1. The molecule has 0 saturated heterocycles. The Bertz CT molecular complexity index is 1100. The maximum atomic E-state index is 12.8. The van der Waals surface area contributed by atoms with Gasteiger partial charge in [0.05, 0.1) is 19.3 Å². The monoisotopic (exact) mass is 420 g/mol. The largest absolute Gasteiger partial charge is 0.490 e. The van der Waals surface area contributed by atoms with Crippen molar-refractivity contribution in [1.82, 2.24) is 9.88 Å². The summed E-state index contributed by atoms with van der Waals surface area (Å²) in [5.41, 5.74) is 2.52. The van der Waals surface area contributed by atoms with Crippen LogP contribution >= 0.6 is 0 Å². The van der Waals surface area contributed by atoms with E-state index in [2.05, 4.69) is 5.32 Å². The second kappa shape index (κ2) is 9.25. The van der Waals surface area contributed by atoms with Gasteiger partial charge in [-0.1, -0.05) is 31.2 Å². The molecule has 31 heavy (non-hydrogen) atoms. The van der Waals surface area contributed by atoms with Gasteiger partial charge in [-0.3, -0.25) is 9.59 Å². The molecule has 6 heteroatoms. The molecule has 2 heterocycles. The number of rotatable bonds is 7. The minimum atomic E-state index is -0.187. The number of fused-ring (bicyclic) bond motifs is 2. The van der Waals surface area contributed by atoms with Crippen molar-refractivity contribution in [2.24, 2.45) is 0 Å². The van der Waals surface area contributed by atoms with Crippen molar-refractivity contribution in [2.75, 3.05) is 13.2 Å². The topological polar surface area (TPSA) is 69.6 Å². The number of ether oxygens (including phenoxy) is 2. The number of aromatic nitrogens is 1. The molecule has 0 fully saturated rings. The Morgan fingerprint density at radius 3 is 2.68 bits per heavy atom. The fourth-order valence-electron chi connectivity index (χ4n) is 3.94. The fourth-order valence-corrected chi connectivity index (χ4v) is 3.94. The Labute approximate surface area is 182 Å². The molecule has 1 aliphatic heterocycles. The third-order valence-corrected chi connectivity index (χ3v) is 5.53. The van der Waals surface area contributed by atoms with Crippen LogP contribution in [0.15, 0.2) is 48.7 Å². The number of para-hydroxylation sites is 1. The van der Waals surface area contributed by atoms with Gasteiger partial charge in [0.1, 0.15) is 6.54 Å². The average molecular weight is 421 g/mol. The highest BCUT2D eigenvalue weighted by Crippen LogP contribution is 2.32. The highest BCUT2D eigenvalue weighted by Gasteiger charge is 2.18. The molecule has 0 radical (unpaired) electrons. The summed E-state index contributed by atoms with van der Waals surface area (Å²) >= 11 is 0. The molecule has 0 bridgehead atoms. The van der Waals surface area contributed by atoms with Crippen molar-refractivity contribution in [3.63, 3.8) is 0 Å². The minimum absolute atomic E-state index is 0.110. The summed E-state index contributed by atoms with van der Waals surface area (Å²) in [7, 11) is 0.